The van der Waals surface area contributed by atoms with E-state index < -0.39 is 5.60 Å². The number of carbonyl (C=O) groups is 2. The summed E-state index contributed by atoms with van der Waals surface area (Å²) in [4.78, 5) is 34.5. The lowest BCUT2D eigenvalue weighted by Gasteiger charge is -2.29. The number of anilines is 1. The van der Waals surface area contributed by atoms with Gasteiger partial charge < -0.3 is 24.5 Å². The summed E-state index contributed by atoms with van der Waals surface area (Å²) in [6, 6.07) is 12.9. The third-order valence-electron chi connectivity index (χ3n) is 6.84. The van der Waals surface area contributed by atoms with Crippen LogP contribution in [0.15, 0.2) is 54.9 Å². The quantitative estimate of drug-likeness (QED) is 0.534. The average molecular weight is 478 g/mol. The van der Waals surface area contributed by atoms with E-state index in [-0.39, 0.29) is 18.4 Å². The van der Waals surface area contributed by atoms with Gasteiger partial charge in [0.25, 0.3) is 5.91 Å². The highest BCUT2D eigenvalue weighted by Gasteiger charge is 2.38. The summed E-state index contributed by atoms with van der Waals surface area (Å²) in [5.41, 5.74) is 0.404. The maximum absolute atomic E-state index is 13.0. The van der Waals surface area contributed by atoms with Crippen LogP contribution < -0.4 is 9.64 Å². The predicted octanol–water partition coefficient (Wildman–Crippen LogP) is 2.05. The number of likely N-dealkylation sites (N-methyl/N-ethyl adjacent to an activating group) is 1. The van der Waals surface area contributed by atoms with Crippen molar-refractivity contribution in [3.8, 4) is 5.75 Å². The molecule has 0 aliphatic carbocycles. The summed E-state index contributed by atoms with van der Waals surface area (Å²) in [7, 11) is 1.72. The van der Waals surface area contributed by atoms with Crippen molar-refractivity contribution in [3.63, 3.8) is 0 Å². The Morgan fingerprint density at radius 3 is 2.80 bits per heavy atom. The van der Waals surface area contributed by atoms with Gasteiger partial charge in [0.1, 0.15) is 29.4 Å². The number of fused-ring (bicyclic) bond motifs is 1. The molecule has 0 radical (unpaired) electrons. The summed E-state index contributed by atoms with van der Waals surface area (Å²) in [6.45, 7) is 3.18. The maximum Gasteiger partial charge on any atom is 0.253 e. The molecule has 1 N–H and O–H groups in total. The molecule has 0 spiro atoms. The average Bonchev–Trinajstić information content (AvgIpc) is 3.59. The first-order valence-electron chi connectivity index (χ1n) is 12.1. The standard InChI is InChI=1S/C26H31N5O4/c1-28(18-26(34)11-14-30(19-26)23-5-2-4-22-27-12-15-31(22)23)25(33)20-7-9-21(10-8-20)35-17-16-29-13-3-6-24(29)32/h2,4-5,7-10,12,15,34H,3,6,11,13-14,16-19H2,1H3. The highest BCUT2D eigenvalue weighted by atomic mass is 16.5. The third-order valence-corrected chi connectivity index (χ3v) is 6.84. The number of ether oxygens (including phenoxy) is 1. The van der Waals surface area contributed by atoms with Crippen molar-refractivity contribution in [3.05, 3.63) is 60.4 Å². The normalized spacial score (nSPS) is 20.1. The molecule has 35 heavy (non-hydrogen) atoms. The van der Waals surface area contributed by atoms with Gasteiger partial charge in [-0.1, -0.05) is 6.07 Å². The lowest BCUT2D eigenvalue weighted by molar-refractivity contribution is -0.128. The van der Waals surface area contributed by atoms with Gasteiger partial charge in [-0.05, 0) is 49.2 Å². The summed E-state index contributed by atoms with van der Waals surface area (Å²) >= 11 is 0. The molecule has 1 atom stereocenters. The van der Waals surface area contributed by atoms with E-state index in [0.717, 1.165) is 24.4 Å². The number of hydrogen-bond acceptors (Lipinski definition) is 6. The number of imidazole rings is 1. The highest BCUT2D eigenvalue weighted by Crippen LogP contribution is 2.28. The van der Waals surface area contributed by atoms with Gasteiger partial charge in [-0.25, -0.2) is 4.98 Å². The van der Waals surface area contributed by atoms with Crippen LogP contribution in [-0.4, -0.2) is 88.1 Å². The summed E-state index contributed by atoms with van der Waals surface area (Å²) in [5.74, 6) is 1.68. The van der Waals surface area contributed by atoms with Crippen LogP contribution in [-0.2, 0) is 4.79 Å². The van der Waals surface area contributed by atoms with Crippen LogP contribution in [0.3, 0.4) is 0 Å². The van der Waals surface area contributed by atoms with Crippen molar-refractivity contribution in [2.45, 2.75) is 24.9 Å². The SMILES string of the molecule is CN(CC1(O)CCN(c2cccc3nccn23)C1)C(=O)c1ccc(OCCN2CCCC2=O)cc1. The molecule has 4 heterocycles. The van der Waals surface area contributed by atoms with E-state index in [1.165, 1.54) is 0 Å². The van der Waals surface area contributed by atoms with Crippen LogP contribution >= 0.6 is 0 Å². The number of aliphatic hydroxyl groups is 1. The molecule has 2 saturated heterocycles. The molecular formula is C26H31N5O4. The molecule has 5 rings (SSSR count). The van der Waals surface area contributed by atoms with Crippen LogP contribution in [0, 0.1) is 0 Å². The van der Waals surface area contributed by atoms with Gasteiger partial charge in [-0.3, -0.25) is 14.0 Å². The summed E-state index contributed by atoms with van der Waals surface area (Å²) < 4.78 is 7.75. The van der Waals surface area contributed by atoms with Crippen molar-refractivity contribution >= 4 is 23.3 Å². The van der Waals surface area contributed by atoms with Gasteiger partial charge in [0.2, 0.25) is 5.91 Å². The summed E-state index contributed by atoms with van der Waals surface area (Å²) in [5, 5.41) is 11.3. The number of benzene rings is 1. The minimum Gasteiger partial charge on any atom is -0.492 e. The first-order valence-corrected chi connectivity index (χ1v) is 12.1. The molecule has 1 unspecified atom stereocenters. The Hall–Kier alpha value is -3.59. The number of carbonyl (C=O) groups excluding carboxylic acids is 2. The molecule has 1 aromatic carbocycles. The third kappa shape index (κ3) is 4.95. The van der Waals surface area contributed by atoms with Gasteiger partial charge in [0.05, 0.1) is 13.1 Å². The van der Waals surface area contributed by atoms with Crippen molar-refractivity contribution in [1.82, 2.24) is 19.2 Å². The molecule has 9 nitrogen and oxygen atoms in total. The van der Waals surface area contributed by atoms with Gasteiger partial charge in [-0.15, -0.1) is 0 Å². The number of nitrogens with zero attached hydrogens (tertiary/aromatic N) is 5. The molecule has 0 saturated carbocycles. The molecule has 2 amide bonds. The monoisotopic (exact) mass is 477 g/mol. The minimum absolute atomic E-state index is 0.150. The number of likely N-dealkylation sites (tertiary alicyclic amines) is 1. The number of aromatic nitrogens is 2. The van der Waals surface area contributed by atoms with Crippen LogP contribution in [0.25, 0.3) is 5.65 Å². The zero-order valence-electron chi connectivity index (χ0n) is 20.0. The number of rotatable bonds is 8. The smallest absolute Gasteiger partial charge is 0.253 e. The minimum atomic E-state index is -0.997. The zero-order chi connectivity index (χ0) is 24.4. The highest BCUT2D eigenvalue weighted by molar-refractivity contribution is 5.94. The second-order valence-corrected chi connectivity index (χ2v) is 9.45. The fraction of sp³-hybridized carbons (Fsp3) is 0.423. The van der Waals surface area contributed by atoms with Crippen LogP contribution in [0.2, 0.25) is 0 Å². The second-order valence-electron chi connectivity index (χ2n) is 9.45. The predicted molar refractivity (Wildman–Crippen MR) is 132 cm³/mol. The van der Waals surface area contributed by atoms with Crippen molar-refractivity contribution in [1.29, 1.82) is 0 Å². The topological polar surface area (TPSA) is 90.6 Å². The van der Waals surface area contributed by atoms with Crippen LogP contribution in [0.4, 0.5) is 5.82 Å². The Labute approximate surface area is 204 Å². The number of hydrogen-bond donors (Lipinski definition) is 1. The van der Waals surface area contributed by atoms with E-state index in [1.54, 1.807) is 42.4 Å². The molecule has 9 heteroatoms. The van der Waals surface area contributed by atoms with E-state index in [1.807, 2.05) is 33.7 Å². The molecule has 2 aromatic heterocycles. The molecule has 2 aliphatic rings. The first kappa shape index (κ1) is 23.2. The molecular weight excluding hydrogens is 446 g/mol. The van der Waals surface area contributed by atoms with Crippen molar-refractivity contribution in [2.75, 3.05) is 51.3 Å². The first-order chi connectivity index (χ1) is 16.9. The van der Waals surface area contributed by atoms with Gasteiger partial charge in [-0.2, -0.15) is 0 Å². The van der Waals surface area contributed by atoms with Gasteiger partial charge >= 0.3 is 0 Å². The Morgan fingerprint density at radius 1 is 1.20 bits per heavy atom. The molecule has 2 aliphatic heterocycles. The fourth-order valence-corrected chi connectivity index (χ4v) is 5.01. The van der Waals surface area contributed by atoms with E-state index in [0.29, 0.717) is 50.4 Å². The maximum atomic E-state index is 13.0. The zero-order valence-corrected chi connectivity index (χ0v) is 20.0. The number of amides is 2. The number of pyridine rings is 1. The number of β-amino-alcohol motifs (C(OH)–C–C–N with tert-alkyl or cyclic N) is 1. The van der Waals surface area contributed by atoms with Crippen molar-refractivity contribution in [2.24, 2.45) is 0 Å². The Kier molecular flexibility index (Phi) is 6.34. The van der Waals surface area contributed by atoms with E-state index in [2.05, 4.69) is 9.88 Å². The Balaban J connectivity index is 1.15. The molecule has 184 valence electrons. The fourth-order valence-electron chi connectivity index (χ4n) is 5.01. The molecule has 0 bridgehead atoms. The Morgan fingerprint density at radius 2 is 2.03 bits per heavy atom. The largest absolute Gasteiger partial charge is 0.492 e. The van der Waals surface area contributed by atoms with Crippen molar-refractivity contribution < 1.29 is 19.4 Å². The van der Waals surface area contributed by atoms with Crippen LogP contribution in [0.5, 0.6) is 5.75 Å². The van der Waals surface area contributed by atoms with Crippen LogP contribution in [0.1, 0.15) is 29.6 Å². The lowest BCUT2D eigenvalue weighted by Crippen LogP contribution is -2.46. The van der Waals surface area contributed by atoms with E-state index in [4.69, 9.17) is 4.74 Å². The molecule has 2 fully saturated rings. The lowest BCUT2D eigenvalue weighted by atomic mass is 10.0. The van der Waals surface area contributed by atoms with Gasteiger partial charge in [0.15, 0.2) is 0 Å². The Bertz CT molecular complexity index is 1210. The molecule has 3 aromatic rings. The van der Waals surface area contributed by atoms with E-state index in [9.17, 15) is 14.7 Å². The van der Waals surface area contributed by atoms with Gasteiger partial charge in [0, 0.05) is 51.1 Å². The summed E-state index contributed by atoms with van der Waals surface area (Å²) in [6.07, 6.45) is 5.78. The van der Waals surface area contributed by atoms with E-state index >= 15 is 0 Å². The second kappa shape index (κ2) is 9.58.